The number of carbonyl (C=O) groups is 1. The average Bonchev–Trinajstić information content (AvgIpc) is 2.69. The number of primary amides is 1. The van der Waals surface area contributed by atoms with Crippen LogP contribution < -0.4 is 11.3 Å². The Morgan fingerprint density at radius 2 is 2.24 bits per heavy atom. The summed E-state index contributed by atoms with van der Waals surface area (Å²) >= 11 is 2.69. The van der Waals surface area contributed by atoms with Crippen LogP contribution in [0.2, 0.25) is 0 Å². The van der Waals surface area contributed by atoms with Gasteiger partial charge in [0, 0.05) is 11.4 Å². The molecule has 0 radical (unpaired) electrons. The molecule has 0 saturated carbocycles. The minimum absolute atomic E-state index is 0.0964. The number of fused-ring (bicyclic) bond motifs is 1. The second kappa shape index (κ2) is 6.03. The van der Waals surface area contributed by atoms with Crippen molar-refractivity contribution in [2.45, 2.75) is 37.7 Å². The highest BCUT2D eigenvalue weighted by Crippen LogP contribution is 2.29. The zero-order valence-electron chi connectivity index (χ0n) is 12.2. The van der Waals surface area contributed by atoms with Crippen LogP contribution in [-0.2, 0) is 11.3 Å². The number of hydrogen-bond donors (Lipinski definition) is 1. The van der Waals surface area contributed by atoms with E-state index in [1.807, 2.05) is 13.8 Å². The first kappa shape index (κ1) is 15.8. The van der Waals surface area contributed by atoms with Gasteiger partial charge in [0.25, 0.3) is 5.56 Å². The van der Waals surface area contributed by atoms with Crippen molar-refractivity contribution in [3.63, 3.8) is 0 Å². The predicted molar refractivity (Wildman–Crippen MR) is 88.1 cm³/mol. The third kappa shape index (κ3) is 2.89. The van der Waals surface area contributed by atoms with Gasteiger partial charge in [0.15, 0.2) is 5.16 Å². The van der Waals surface area contributed by atoms with Crippen LogP contribution in [0.4, 0.5) is 0 Å². The Hall–Kier alpha value is -1.60. The summed E-state index contributed by atoms with van der Waals surface area (Å²) in [6.45, 7) is 9.62. The average molecular weight is 323 g/mol. The zero-order chi connectivity index (χ0) is 15.7. The number of nitrogens with zero attached hydrogens (tertiary/aromatic N) is 2. The Labute approximate surface area is 130 Å². The summed E-state index contributed by atoms with van der Waals surface area (Å²) in [4.78, 5) is 30.3. The highest BCUT2D eigenvalue weighted by molar-refractivity contribution is 8.00. The second-order valence-corrected chi connectivity index (χ2v) is 7.24. The van der Waals surface area contributed by atoms with Crippen molar-refractivity contribution in [3.8, 4) is 0 Å². The molecular weight excluding hydrogens is 306 g/mol. The van der Waals surface area contributed by atoms with Crippen LogP contribution in [-0.4, -0.2) is 20.7 Å². The van der Waals surface area contributed by atoms with Crippen molar-refractivity contribution in [2.75, 3.05) is 0 Å². The van der Waals surface area contributed by atoms with E-state index in [4.69, 9.17) is 5.73 Å². The van der Waals surface area contributed by atoms with Crippen molar-refractivity contribution >= 4 is 39.2 Å². The lowest BCUT2D eigenvalue weighted by atomic mass is 10.2. The molecule has 1 unspecified atom stereocenters. The Morgan fingerprint density at radius 1 is 1.57 bits per heavy atom. The number of hydrogen-bond acceptors (Lipinski definition) is 5. The van der Waals surface area contributed by atoms with Crippen LogP contribution >= 0.6 is 23.1 Å². The summed E-state index contributed by atoms with van der Waals surface area (Å²) in [7, 11) is 0. The largest absolute Gasteiger partial charge is 0.369 e. The van der Waals surface area contributed by atoms with Gasteiger partial charge in [0.2, 0.25) is 5.91 Å². The van der Waals surface area contributed by atoms with Gasteiger partial charge in [-0.3, -0.25) is 14.2 Å². The number of thiophene rings is 1. The normalized spacial score (nSPS) is 12.5. The maximum absolute atomic E-state index is 12.7. The van der Waals surface area contributed by atoms with Gasteiger partial charge in [-0.15, -0.1) is 17.9 Å². The van der Waals surface area contributed by atoms with Crippen LogP contribution in [0.25, 0.3) is 10.2 Å². The molecule has 0 aromatic carbocycles. The van der Waals surface area contributed by atoms with Gasteiger partial charge in [-0.1, -0.05) is 17.8 Å². The van der Waals surface area contributed by atoms with Gasteiger partial charge in [0.05, 0.1) is 10.6 Å². The van der Waals surface area contributed by atoms with E-state index >= 15 is 0 Å². The first-order valence-corrected chi connectivity index (χ1v) is 8.13. The first-order valence-electron chi connectivity index (χ1n) is 6.44. The zero-order valence-corrected chi connectivity index (χ0v) is 13.8. The number of aryl methyl sites for hydroxylation is 2. The van der Waals surface area contributed by atoms with Crippen molar-refractivity contribution in [1.82, 2.24) is 9.55 Å². The summed E-state index contributed by atoms with van der Waals surface area (Å²) in [5, 5.41) is 0.697. The third-order valence-corrected chi connectivity index (χ3v) is 5.46. The monoisotopic (exact) mass is 323 g/mol. The molecule has 7 heteroatoms. The van der Waals surface area contributed by atoms with Crippen LogP contribution in [0.15, 0.2) is 22.6 Å². The fourth-order valence-corrected chi connectivity index (χ4v) is 3.84. The second-order valence-electron chi connectivity index (χ2n) is 4.72. The number of nitrogens with two attached hydrogens (primary N) is 1. The van der Waals surface area contributed by atoms with Gasteiger partial charge in [0.1, 0.15) is 4.83 Å². The van der Waals surface area contributed by atoms with E-state index < -0.39 is 11.2 Å². The van der Waals surface area contributed by atoms with E-state index in [0.29, 0.717) is 21.9 Å². The summed E-state index contributed by atoms with van der Waals surface area (Å²) in [5.41, 5.74) is 6.16. The topological polar surface area (TPSA) is 78.0 Å². The fourth-order valence-electron chi connectivity index (χ4n) is 1.90. The molecule has 2 aromatic heterocycles. The van der Waals surface area contributed by atoms with E-state index in [1.165, 1.54) is 23.1 Å². The molecule has 2 N–H and O–H groups in total. The molecule has 5 nitrogen and oxygen atoms in total. The lowest BCUT2D eigenvalue weighted by molar-refractivity contribution is -0.117. The van der Waals surface area contributed by atoms with Crippen LogP contribution in [0.1, 0.15) is 17.4 Å². The molecule has 0 saturated heterocycles. The third-order valence-electron chi connectivity index (χ3n) is 3.25. The molecular formula is C14H17N3O2S2. The standard InChI is InChI=1S/C14H17N3O2S2/c1-5-6-17-13(19)10-7(2)8(3)20-12(10)16-14(17)21-9(4)11(15)18/h5,9H,1,6H2,2-4H3,(H2,15,18). The Bertz CT molecular complexity index is 777. The minimum Gasteiger partial charge on any atom is -0.369 e. The molecule has 2 rings (SSSR count). The van der Waals surface area contributed by atoms with E-state index in [1.54, 1.807) is 17.6 Å². The van der Waals surface area contributed by atoms with E-state index in [9.17, 15) is 9.59 Å². The number of allylic oxidation sites excluding steroid dienone is 1. The van der Waals surface area contributed by atoms with E-state index in [-0.39, 0.29) is 5.56 Å². The Morgan fingerprint density at radius 3 is 2.81 bits per heavy atom. The highest BCUT2D eigenvalue weighted by Gasteiger charge is 2.19. The first-order chi connectivity index (χ1) is 9.86. The van der Waals surface area contributed by atoms with Crippen LogP contribution in [0.5, 0.6) is 0 Å². The number of thioether (sulfide) groups is 1. The summed E-state index contributed by atoms with van der Waals surface area (Å²) in [5.74, 6) is -0.432. The number of carbonyl (C=O) groups excluding carboxylic acids is 1. The fraction of sp³-hybridized carbons (Fsp3) is 0.357. The molecule has 0 fully saturated rings. The van der Waals surface area contributed by atoms with Gasteiger partial charge < -0.3 is 5.73 Å². The summed E-state index contributed by atoms with van der Waals surface area (Å²) < 4.78 is 1.54. The quantitative estimate of drug-likeness (QED) is 0.520. The molecule has 0 bridgehead atoms. The molecule has 2 aromatic rings. The lowest BCUT2D eigenvalue weighted by Crippen LogP contribution is -2.27. The molecule has 1 amide bonds. The van der Waals surface area contributed by atoms with Crippen molar-refractivity contribution < 1.29 is 4.79 Å². The smallest absolute Gasteiger partial charge is 0.263 e. The Kier molecular flexibility index (Phi) is 4.53. The van der Waals surface area contributed by atoms with Crippen molar-refractivity contribution in [3.05, 3.63) is 33.4 Å². The van der Waals surface area contributed by atoms with Crippen LogP contribution in [0, 0.1) is 13.8 Å². The molecule has 0 spiro atoms. The van der Waals surface area contributed by atoms with Gasteiger partial charge in [-0.2, -0.15) is 0 Å². The highest BCUT2D eigenvalue weighted by atomic mass is 32.2. The molecule has 0 aliphatic rings. The molecule has 112 valence electrons. The summed E-state index contributed by atoms with van der Waals surface area (Å²) in [6, 6.07) is 0. The molecule has 0 aliphatic heterocycles. The Balaban J connectivity index is 2.68. The molecule has 2 heterocycles. The number of amides is 1. The predicted octanol–water partition coefficient (Wildman–Crippen LogP) is 2.23. The SMILES string of the molecule is C=CCn1c(SC(C)C(N)=O)nc2sc(C)c(C)c2c1=O. The number of aromatic nitrogens is 2. The van der Waals surface area contributed by atoms with Gasteiger partial charge >= 0.3 is 0 Å². The van der Waals surface area contributed by atoms with E-state index in [0.717, 1.165) is 10.4 Å². The van der Waals surface area contributed by atoms with Gasteiger partial charge in [-0.05, 0) is 26.3 Å². The maximum atomic E-state index is 12.7. The molecule has 1 atom stereocenters. The molecule has 0 aliphatic carbocycles. The number of rotatable bonds is 5. The van der Waals surface area contributed by atoms with Crippen molar-refractivity contribution in [2.24, 2.45) is 5.73 Å². The van der Waals surface area contributed by atoms with E-state index in [2.05, 4.69) is 11.6 Å². The van der Waals surface area contributed by atoms with Gasteiger partial charge in [-0.25, -0.2) is 4.98 Å². The maximum Gasteiger partial charge on any atom is 0.263 e. The van der Waals surface area contributed by atoms with Crippen LogP contribution in [0.3, 0.4) is 0 Å². The minimum atomic E-state index is -0.451. The lowest BCUT2D eigenvalue weighted by Gasteiger charge is -2.12. The summed E-state index contributed by atoms with van der Waals surface area (Å²) in [6.07, 6.45) is 1.64. The molecule has 21 heavy (non-hydrogen) atoms. The van der Waals surface area contributed by atoms with Crippen molar-refractivity contribution in [1.29, 1.82) is 0 Å².